The Bertz CT molecular complexity index is 1380. The van der Waals surface area contributed by atoms with E-state index < -0.39 is 23.6 Å². The summed E-state index contributed by atoms with van der Waals surface area (Å²) in [7, 11) is 0. The van der Waals surface area contributed by atoms with Gasteiger partial charge in [-0.3, -0.25) is 4.79 Å². The van der Waals surface area contributed by atoms with E-state index in [-0.39, 0.29) is 5.56 Å². The zero-order valence-corrected chi connectivity index (χ0v) is 17.6. The van der Waals surface area contributed by atoms with Crippen LogP contribution in [0.3, 0.4) is 0 Å². The molecule has 4 aromatic rings. The van der Waals surface area contributed by atoms with Gasteiger partial charge in [0.1, 0.15) is 29.0 Å². The first-order valence-electron chi connectivity index (χ1n) is 10.4. The summed E-state index contributed by atoms with van der Waals surface area (Å²) in [6, 6.07) is 7.60. The summed E-state index contributed by atoms with van der Waals surface area (Å²) < 4.78 is 28.6. The average molecular weight is 450 g/mol. The van der Waals surface area contributed by atoms with E-state index in [0.29, 0.717) is 29.0 Å². The second-order valence-corrected chi connectivity index (χ2v) is 8.12. The van der Waals surface area contributed by atoms with Crippen molar-refractivity contribution < 1.29 is 18.7 Å². The Morgan fingerprint density at radius 1 is 1.18 bits per heavy atom. The Morgan fingerprint density at radius 2 is 1.91 bits per heavy atom. The van der Waals surface area contributed by atoms with E-state index >= 15 is 0 Å². The number of carbonyl (C=O) groups is 1. The van der Waals surface area contributed by atoms with E-state index in [1.165, 1.54) is 6.33 Å². The third-order valence-corrected chi connectivity index (χ3v) is 5.62. The van der Waals surface area contributed by atoms with Crippen LogP contribution in [-0.4, -0.2) is 30.8 Å². The number of hydrogen-bond donors (Lipinski definition) is 3. The van der Waals surface area contributed by atoms with Crippen LogP contribution in [-0.2, 0) is 4.79 Å². The predicted molar refractivity (Wildman–Crippen MR) is 118 cm³/mol. The van der Waals surface area contributed by atoms with E-state index in [0.717, 1.165) is 47.4 Å². The van der Waals surface area contributed by atoms with E-state index in [1.807, 2.05) is 6.92 Å². The van der Waals surface area contributed by atoms with Crippen LogP contribution in [0.25, 0.3) is 16.7 Å². The summed E-state index contributed by atoms with van der Waals surface area (Å²) in [5.41, 5.74) is 10.1. The molecule has 168 valence electrons. The fourth-order valence-corrected chi connectivity index (χ4v) is 3.87. The number of nitrogens with one attached hydrogen (secondary N) is 1. The van der Waals surface area contributed by atoms with Crippen LogP contribution < -0.4 is 11.1 Å². The molecule has 1 unspecified atom stereocenters. The number of carbonyl (C=O) groups excluding carboxylic acids is 1. The number of fused-ring (bicyclic) bond motifs is 1. The number of benzene rings is 2. The summed E-state index contributed by atoms with van der Waals surface area (Å²) in [5.74, 6) is -1.89. The highest BCUT2D eigenvalue weighted by Gasteiger charge is 2.31. The van der Waals surface area contributed by atoms with Crippen molar-refractivity contribution in [3.8, 4) is 5.69 Å². The molecule has 0 saturated heterocycles. The van der Waals surface area contributed by atoms with Gasteiger partial charge in [-0.1, -0.05) is 0 Å². The lowest BCUT2D eigenvalue weighted by Gasteiger charge is -2.14. The summed E-state index contributed by atoms with van der Waals surface area (Å²) >= 11 is 0. The second kappa shape index (κ2) is 7.89. The smallest absolute Gasteiger partial charge is 0.257 e. The highest BCUT2D eigenvalue weighted by atomic mass is 19.1. The van der Waals surface area contributed by atoms with E-state index in [2.05, 4.69) is 15.3 Å². The van der Waals surface area contributed by atoms with Crippen LogP contribution in [0.15, 0.2) is 42.7 Å². The molecule has 0 bridgehead atoms. The van der Waals surface area contributed by atoms with E-state index in [9.17, 15) is 18.7 Å². The number of anilines is 2. The van der Waals surface area contributed by atoms with Gasteiger partial charge in [0.05, 0.1) is 11.4 Å². The molecule has 1 atom stereocenters. The summed E-state index contributed by atoms with van der Waals surface area (Å²) in [4.78, 5) is 20.9. The minimum absolute atomic E-state index is 0.176. The number of halogens is 2. The molecular formula is C23H20F2N6O2. The molecule has 0 spiro atoms. The van der Waals surface area contributed by atoms with Gasteiger partial charge in [-0.2, -0.15) is 5.10 Å². The van der Waals surface area contributed by atoms with Crippen LogP contribution in [0.4, 0.5) is 20.3 Å². The molecule has 1 fully saturated rings. The van der Waals surface area contributed by atoms with Crippen LogP contribution >= 0.6 is 0 Å². The lowest BCUT2D eigenvalue weighted by Crippen LogP contribution is -2.21. The molecule has 5 rings (SSSR count). The van der Waals surface area contributed by atoms with Crippen LogP contribution in [0.5, 0.6) is 0 Å². The van der Waals surface area contributed by atoms with Crippen molar-refractivity contribution in [3.63, 3.8) is 0 Å². The van der Waals surface area contributed by atoms with Gasteiger partial charge in [-0.05, 0) is 61.2 Å². The number of nitrogens with zero attached hydrogens (tertiary/aromatic N) is 4. The number of nitrogens with two attached hydrogens (primary N) is 1. The van der Waals surface area contributed by atoms with Crippen molar-refractivity contribution in [2.75, 3.05) is 11.1 Å². The van der Waals surface area contributed by atoms with Crippen LogP contribution in [0.2, 0.25) is 0 Å². The van der Waals surface area contributed by atoms with Crippen molar-refractivity contribution in [2.24, 2.45) is 0 Å². The molecule has 1 saturated carbocycles. The van der Waals surface area contributed by atoms with Gasteiger partial charge in [-0.15, -0.1) is 0 Å². The number of nitrogen functional groups attached to an aromatic ring is 1. The second-order valence-electron chi connectivity index (χ2n) is 8.12. The third-order valence-electron chi connectivity index (χ3n) is 5.62. The first-order chi connectivity index (χ1) is 15.8. The SMILES string of the molecule is Cc1cc(NC(=O)C(O)c2cc(F)cc(F)c2)ccc1-n1nc(C2CC2)c2ncnc(N)c21. The molecule has 8 nitrogen and oxygen atoms in total. The quantitative estimate of drug-likeness (QED) is 0.428. The fourth-order valence-electron chi connectivity index (χ4n) is 3.87. The van der Waals surface area contributed by atoms with Gasteiger partial charge in [-0.25, -0.2) is 23.4 Å². The van der Waals surface area contributed by atoms with Crippen molar-refractivity contribution in [1.29, 1.82) is 0 Å². The van der Waals surface area contributed by atoms with Crippen LogP contribution in [0.1, 0.15) is 41.7 Å². The highest BCUT2D eigenvalue weighted by molar-refractivity contribution is 5.95. The topological polar surface area (TPSA) is 119 Å². The molecule has 10 heteroatoms. The molecule has 2 heterocycles. The number of aromatic nitrogens is 4. The zero-order chi connectivity index (χ0) is 23.3. The molecule has 33 heavy (non-hydrogen) atoms. The number of rotatable bonds is 5. The monoisotopic (exact) mass is 450 g/mol. The molecular weight excluding hydrogens is 430 g/mol. The zero-order valence-electron chi connectivity index (χ0n) is 17.6. The lowest BCUT2D eigenvalue weighted by molar-refractivity contribution is -0.124. The first kappa shape index (κ1) is 21.0. The average Bonchev–Trinajstić information content (AvgIpc) is 3.53. The van der Waals surface area contributed by atoms with Gasteiger partial charge < -0.3 is 16.2 Å². The van der Waals surface area contributed by atoms with Gasteiger partial charge in [0, 0.05) is 17.7 Å². The maximum atomic E-state index is 13.4. The molecule has 2 aromatic heterocycles. The largest absolute Gasteiger partial charge is 0.382 e. The number of amides is 1. The summed E-state index contributed by atoms with van der Waals surface area (Å²) in [6.07, 6.45) is 1.80. The lowest BCUT2D eigenvalue weighted by atomic mass is 10.1. The van der Waals surface area contributed by atoms with E-state index in [1.54, 1.807) is 22.9 Å². The Labute approximate surface area is 187 Å². The van der Waals surface area contributed by atoms with Gasteiger partial charge in [0.2, 0.25) is 0 Å². The first-order valence-corrected chi connectivity index (χ1v) is 10.4. The molecule has 0 radical (unpaired) electrons. The van der Waals surface area contributed by atoms with Crippen LogP contribution in [0, 0.1) is 18.6 Å². The predicted octanol–water partition coefficient (Wildman–Crippen LogP) is 3.53. The third kappa shape index (κ3) is 3.89. The maximum absolute atomic E-state index is 13.4. The molecule has 4 N–H and O–H groups in total. The minimum Gasteiger partial charge on any atom is -0.382 e. The molecule has 0 aliphatic heterocycles. The molecule has 2 aromatic carbocycles. The van der Waals surface area contributed by atoms with Crippen molar-refractivity contribution in [1.82, 2.24) is 19.7 Å². The Hall–Kier alpha value is -3.92. The van der Waals surface area contributed by atoms with E-state index in [4.69, 9.17) is 10.8 Å². The molecule has 1 amide bonds. The summed E-state index contributed by atoms with van der Waals surface area (Å²) in [6.45, 7) is 1.84. The van der Waals surface area contributed by atoms with Crippen molar-refractivity contribution >= 4 is 28.4 Å². The van der Waals surface area contributed by atoms with Gasteiger partial charge in [0.15, 0.2) is 11.9 Å². The van der Waals surface area contributed by atoms with Gasteiger partial charge in [0.25, 0.3) is 5.91 Å². The maximum Gasteiger partial charge on any atom is 0.257 e. The fraction of sp³-hybridized carbons (Fsp3) is 0.217. The number of hydrogen-bond acceptors (Lipinski definition) is 6. The Balaban J connectivity index is 1.44. The van der Waals surface area contributed by atoms with Crippen molar-refractivity contribution in [3.05, 3.63) is 71.2 Å². The standard InChI is InChI=1S/C23H20F2N6O2/c1-11-6-16(29-23(33)21(32)13-7-14(24)9-15(25)8-13)4-5-17(11)31-20-19(27-10-28-22(20)26)18(30-31)12-2-3-12/h4-10,12,21,32H,2-3H2,1H3,(H,29,33)(H2,26,27,28). The normalized spacial score (nSPS) is 14.4. The number of aliphatic hydroxyl groups excluding tert-OH is 1. The number of aryl methyl sites for hydroxylation is 1. The number of aliphatic hydroxyl groups is 1. The Morgan fingerprint density at radius 3 is 2.58 bits per heavy atom. The Kier molecular flexibility index (Phi) is 5.01. The highest BCUT2D eigenvalue weighted by Crippen LogP contribution is 2.43. The summed E-state index contributed by atoms with van der Waals surface area (Å²) in [5, 5.41) is 17.5. The molecule has 1 aliphatic rings. The molecule has 1 aliphatic carbocycles. The minimum atomic E-state index is -1.73. The van der Waals surface area contributed by atoms with Crippen molar-refractivity contribution in [2.45, 2.75) is 31.8 Å². The van der Waals surface area contributed by atoms with Gasteiger partial charge >= 0.3 is 0 Å².